The Morgan fingerprint density at radius 1 is 0.463 bits per heavy atom. The quantitative estimate of drug-likeness (QED) is 0.0268. The largest absolute Gasteiger partial charge is 0.394 e. The highest BCUT2D eigenvalue weighted by atomic mass is 16.8. The van der Waals surface area contributed by atoms with Crippen molar-refractivity contribution < 1.29 is 89.4 Å². The first-order valence-corrected chi connectivity index (χ1v) is 30.2. The van der Waals surface area contributed by atoms with E-state index in [9.17, 15) is 61.0 Å². The van der Waals surface area contributed by atoms with Crippen LogP contribution in [0.3, 0.4) is 0 Å². The third-order valence-corrected chi connectivity index (χ3v) is 14.8. The van der Waals surface area contributed by atoms with Crippen LogP contribution in [0.15, 0.2) is 72.9 Å². The molecule has 0 saturated carbocycles. The van der Waals surface area contributed by atoms with Crippen LogP contribution in [0.4, 0.5) is 0 Å². The van der Waals surface area contributed by atoms with E-state index in [1.807, 2.05) is 18.2 Å². The number of allylic oxidation sites excluding steroid dienone is 11. The van der Waals surface area contributed by atoms with Gasteiger partial charge in [-0.05, 0) is 57.8 Å². The lowest BCUT2D eigenvalue weighted by Gasteiger charge is -2.48. The number of hydrogen-bond donors (Lipinski definition) is 12. The lowest BCUT2D eigenvalue weighted by molar-refractivity contribution is -0.379. The van der Waals surface area contributed by atoms with Crippen molar-refractivity contribution in [3.05, 3.63) is 72.9 Å². The molecular formula is C61H105NO18. The minimum absolute atomic E-state index is 0.111. The van der Waals surface area contributed by atoms with Crippen molar-refractivity contribution in [2.24, 2.45) is 0 Å². The first-order valence-electron chi connectivity index (χ1n) is 30.2. The van der Waals surface area contributed by atoms with Crippen LogP contribution in [0, 0.1) is 0 Å². The third kappa shape index (κ3) is 27.3. The zero-order chi connectivity index (χ0) is 58.3. The Morgan fingerprint density at radius 3 is 1.39 bits per heavy atom. The Balaban J connectivity index is 1.52. The number of carbonyl (C=O) groups is 1. The molecule has 19 nitrogen and oxygen atoms in total. The molecule has 462 valence electrons. The van der Waals surface area contributed by atoms with Gasteiger partial charge in [0.15, 0.2) is 18.9 Å². The Hall–Kier alpha value is -2.77. The molecule has 12 N–H and O–H groups in total. The summed E-state index contributed by atoms with van der Waals surface area (Å²) in [5.74, 6) is -0.368. The SMILES string of the molecule is CC/C=C\C/C=C\C/C=C\C/C=C\CCC(=O)NC(COC1OC(CO)C(OC2OC(CO)C(OC3OC(CO)C(O)C(O)C3O)C(O)C2O)C(O)C1O)C(O)/C=C/CC/C=C/CCCCCCCCCCCCCCCCCC. The van der Waals surface area contributed by atoms with Crippen molar-refractivity contribution in [2.45, 2.75) is 279 Å². The van der Waals surface area contributed by atoms with Gasteiger partial charge in [-0.3, -0.25) is 4.79 Å². The van der Waals surface area contributed by atoms with Crippen LogP contribution in [0.5, 0.6) is 0 Å². The van der Waals surface area contributed by atoms with Gasteiger partial charge in [-0.15, -0.1) is 0 Å². The van der Waals surface area contributed by atoms with E-state index in [1.165, 1.54) is 96.3 Å². The van der Waals surface area contributed by atoms with E-state index in [4.69, 9.17) is 28.4 Å². The maximum Gasteiger partial charge on any atom is 0.220 e. The Labute approximate surface area is 477 Å². The zero-order valence-electron chi connectivity index (χ0n) is 48.0. The van der Waals surface area contributed by atoms with Gasteiger partial charge >= 0.3 is 0 Å². The molecule has 3 heterocycles. The van der Waals surface area contributed by atoms with E-state index in [-0.39, 0.29) is 12.3 Å². The second-order valence-electron chi connectivity index (χ2n) is 21.4. The second kappa shape index (κ2) is 43.8. The predicted molar refractivity (Wildman–Crippen MR) is 305 cm³/mol. The number of aliphatic hydroxyl groups is 11. The average Bonchev–Trinajstić information content (AvgIpc) is 3.46. The van der Waals surface area contributed by atoms with Crippen molar-refractivity contribution in [2.75, 3.05) is 26.4 Å². The van der Waals surface area contributed by atoms with Crippen LogP contribution in [0.2, 0.25) is 0 Å². The monoisotopic (exact) mass is 1140 g/mol. The Bertz CT molecular complexity index is 1740. The number of amides is 1. The Kier molecular flexibility index (Phi) is 39.2. The van der Waals surface area contributed by atoms with Crippen LogP contribution in [0.25, 0.3) is 0 Å². The van der Waals surface area contributed by atoms with Gasteiger partial charge in [0.1, 0.15) is 73.2 Å². The van der Waals surface area contributed by atoms with Crippen LogP contribution >= 0.6 is 0 Å². The molecule has 0 aromatic rings. The number of nitrogens with one attached hydrogen (secondary N) is 1. The summed E-state index contributed by atoms with van der Waals surface area (Å²) < 4.78 is 34.1. The van der Waals surface area contributed by atoms with Crippen LogP contribution in [-0.2, 0) is 33.2 Å². The molecule has 0 radical (unpaired) electrons. The first kappa shape index (κ1) is 71.5. The normalized spacial score (nSPS) is 30.5. The molecule has 0 aromatic heterocycles. The minimum Gasteiger partial charge on any atom is -0.394 e. The second-order valence-corrected chi connectivity index (χ2v) is 21.4. The zero-order valence-corrected chi connectivity index (χ0v) is 48.0. The van der Waals surface area contributed by atoms with Gasteiger partial charge in [0, 0.05) is 6.42 Å². The van der Waals surface area contributed by atoms with E-state index in [1.54, 1.807) is 6.08 Å². The van der Waals surface area contributed by atoms with Crippen molar-refractivity contribution in [3.63, 3.8) is 0 Å². The van der Waals surface area contributed by atoms with E-state index in [0.29, 0.717) is 19.3 Å². The van der Waals surface area contributed by atoms with Crippen molar-refractivity contribution in [3.8, 4) is 0 Å². The smallest absolute Gasteiger partial charge is 0.220 e. The molecule has 3 rings (SSSR count). The van der Waals surface area contributed by atoms with Gasteiger partial charge in [-0.1, -0.05) is 183 Å². The third-order valence-electron chi connectivity index (χ3n) is 14.8. The minimum atomic E-state index is -1.99. The molecule has 17 unspecified atom stereocenters. The van der Waals surface area contributed by atoms with Gasteiger partial charge in [-0.2, -0.15) is 0 Å². The molecule has 0 aromatic carbocycles. The van der Waals surface area contributed by atoms with Gasteiger partial charge < -0.3 is 89.9 Å². The molecule has 1 amide bonds. The fourth-order valence-electron chi connectivity index (χ4n) is 9.80. The first-order chi connectivity index (χ1) is 38.8. The lowest BCUT2D eigenvalue weighted by atomic mass is 9.96. The molecule has 80 heavy (non-hydrogen) atoms. The highest BCUT2D eigenvalue weighted by molar-refractivity contribution is 5.76. The molecular weight excluding hydrogens is 1030 g/mol. The van der Waals surface area contributed by atoms with E-state index >= 15 is 0 Å². The van der Waals surface area contributed by atoms with Gasteiger partial charge in [0.05, 0.1) is 38.6 Å². The highest BCUT2D eigenvalue weighted by Crippen LogP contribution is 2.33. The lowest BCUT2D eigenvalue weighted by Crippen LogP contribution is -2.66. The maximum absolute atomic E-state index is 13.2. The summed E-state index contributed by atoms with van der Waals surface area (Å²) in [7, 11) is 0. The highest BCUT2D eigenvalue weighted by Gasteiger charge is 2.53. The molecule has 0 aliphatic carbocycles. The number of aliphatic hydroxyl groups excluding tert-OH is 11. The number of carbonyl (C=O) groups excluding carboxylic acids is 1. The molecule has 3 fully saturated rings. The van der Waals surface area contributed by atoms with E-state index in [0.717, 1.165) is 38.5 Å². The summed E-state index contributed by atoms with van der Waals surface area (Å²) in [5.41, 5.74) is 0. The fraction of sp³-hybridized carbons (Fsp3) is 0.787. The Morgan fingerprint density at radius 2 is 0.875 bits per heavy atom. The van der Waals surface area contributed by atoms with Gasteiger partial charge in [0.2, 0.25) is 5.91 Å². The van der Waals surface area contributed by atoms with Gasteiger partial charge in [-0.25, -0.2) is 0 Å². The molecule has 3 saturated heterocycles. The summed E-state index contributed by atoms with van der Waals surface area (Å²) in [6.45, 7) is 1.51. The molecule has 3 aliphatic rings. The van der Waals surface area contributed by atoms with Crippen LogP contribution in [0.1, 0.15) is 174 Å². The predicted octanol–water partition coefficient (Wildman–Crippen LogP) is 5.43. The fourth-order valence-corrected chi connectivity index (χ4v) is 9.80. The van der Waals surface area contributed by atoms with Crippen molar-refractivity contribution >= 4 is 5.91 Å². The van der Waals surface area contributed by atoms with E-state index in [2.05, 4.69) is 67.8 Å². The standard InChI is InChI=1S/C61H105NO18/c1-3-5-7-9-11-13-15-17-18-19-20-21-22-23-24-25-27-28-30-32-34-36-38-45(66)44(62-49(67)39-37-35-33-31-29-26-16-14-12-10-8-6-4-2)43-75-59-55(73)52(70)57(47(41-64)77-59)80-61-56(74)53(71)58(48(42-65)78-61)79-60-54(72)51(69)50(68)46(40-63)76-60/h6,8,12,14,26,28-30,33,35-36,38,44-48,50-61,63-66,68-74H,3-5,7,9-11,13,15-25,27,31-32,34,37,39-43H2,1-2H3,(H,62,67)/b8-6-,14-12-,29-26-,30-28+,35-33-,38-36+. The number of unbranched alkanes of at least 4 members (excludes halogenated alkanes) is 17. The summed E-state index contributed by atoms with van der Waals surface area (Å²) in [6, 6.07) is -1.03. The van der Waals surface area contributed by atoms with Crippen LogP contribution in [-0.4, -0.2) is 193 Å². The number of ether oxygens (including phenoxy) is 6. The molecule has 17 atom stereocenters. The van der Waals surface area contributed by atoms with Crippen molar-refractivity contribution in [1.29, 1.82) is 0 Å². The summed E-state index contributed by atoms with van der Waals surface area (Å²) in [6.07, 6.45) is 24.9. The number of rotatable bonds is 43. The molecule has 3 aliphatic heterocycles. The average molecular weight is 1140 g/mol. The number of hydrogen-bond acceptors (Lipinski definition) is 18. The molecule has 0 spiro atoms. The molecule has 0 bridgehead atoms. The van der Waals surface area contributed by atoms with E-state index < -0.39 is 131 Å². The maximum atomic E-state index is 13.2. The summed E-state index contributed by atoms with van der Waals surface area (Å²) in [4.78, 5) is 13.2. The summed E-state index contributed by atoms with van der Waals surface area (Å²) >= 11 is 0. The van der Waals surface area contributed by atoms with Crippen LogP contribution < -0.4 is 5.32 Å². The topological polar surface area (TPSA) is 307 Å². The van der Waals surface area contributed by atoms with Gasteiger partial charge in [0.25, 0.3) is 0 Å². The summed E-state index contributed by atoms with van der Waals surface area (Å²) in [5, 5.41) is 120. The van der Waals surface area contributed by atoms with Crippen molar-refractivity contribution in [1.82, 2.24) is 5.32 Å². The molecule has 19 heteroatoms.